The fraction of sp³-hybridized carbons (Fsp3) is 0.304. The number of nitrogens with one attached hydrogen (secondary N) is 1. The van der Waals surface area contributed by atoms with Crippen LogP contribution in [0.5, 0.6) is 11.6 Å². The maximum absolute atomic E-state index is 14.6. The van der Waals surface area contributed by atoms with Gasteiger partial charge < -0.3 is 10.1 Å². The summed E-state index contributed by atoms with van der Waals surface area (Å²) in [5.41, 5.74) is -4.84. The van der Waals surface area contributed by atoms with E-state index in [1.165, 1.54) is 24.3 Å². The number of hydrogen-bond acceptors (Lipinski definition) is 7. The van der Waals surface area contributed by atoms with Gasteiger partial charge in [0.05, 0.1) is 10.6 Å². The third-order valence-electron chi connectivity index (χ3n) is 5.83. The average Bonchev–Trinajstić information content (AvgIpc) is 2.77. The molecule has 3 aromatic rings. The summed E-state index contributed by atoms with van der Waals surface area (Å²) in [6, 6.07) is 7.23. The molecule has 37 heavy (non-hydrogen) atoms. The van der Waals surface area contributed by atoms with E-state index in [2.05, 4.69) is 20.5 Å². The van der Waals surface area contributed by atoms with Gasteiger partial charge in [-0.1, -0.05) is 6.07 Å². The molecule has 14 heteroatoms. The fourth-order valence-corrected chi connectivity index (χ4v) is 4.37. The van der Waals surface area contributed by atoms with Gasteiger partial charge in [0.15, 0.2) is 26.9 Å². The van der Waals surface area contributed by atoms with Gasteiger partial charge in [-0.05, 0) is 62.1 Å². The quantitative estimate of drug-likeness (QED) is 0.339. The first-order chi connectivity index (χ1) is 17.2. The number of alkyl halides is 4. The third kappa shape index (κ3) is 5.38. The van der Waals surface area contributed by atoms with Crippen LogP contribution in [0.4, 0.5) is 27.6 Å². The minimum atomic E-state index is -4.98. The van der Waals surface area contributed by atoms with Crippen LogP contribution in [-0.2, 0) is 21.7 Å². The Labute approximate surface area is 207 Å². The minimum Gasteiger partial charge on any atom is -0.432 e. The standard InChI is InChI=1S/C23H19F5N4O4S/c1-12-17(20(33)29-13-5-3-6-14(11-13)37(2,34)35)21(32-31-18(12)23(26,27)28)36-15-7-8-16(30-19(15)24)22(25)9-4-10-22/h3,5-8,11H,4,9-10H2,1-2H3,(H,29,33). The highest BCUT2D eigenvalue weighted by molar-refractivity contribution is 7.90. The van der Waals surface area contributed by atoms with Gasteiger partial charge in [-0.15, -0.1) is 10.2 Å². The summed E-state index contributed by atoms with van der Waals surface area (Å²) >= 11 is 0. The summed E-state index contributed by atoms with van der Waals surface area (Å²) in [5.74, 6) is -3.80. The predicted molar refractivity (Wildman–Crippen MR) is 120 cm³/mol. The number of aromatic nitrogens is 3. The van der Waals surface area contributed by atoms with Gasteiger partial charge in [0.2, 0.25) is 0 Å². The lowest BCUT2D eigenvalue weighted by molar-refractivity contribution is -0.142. The van der Waals surface area contributed by atoms with Gasteiger partial charge in [-0.25, -0.2) is 17.8 Å². The van der Waals surface area contributed by atoms with Crippen molar-refractivity contribution >= 4 is 21.4 Å². The number of sulfone groups is 1. The number of carbonyl (C=O) groups excluding carboxylic acids is 1. The highest BCUT2D eigenvalue weighted by Crippen LogP contribution is 2.45. The van der Waals surface area contributed by atoms with Gasteiger partial charge in [-0.2, -0.15) is 17.6 Å². The van der Waals surface area contributed by atoms with Crippen LogP contribution in [0.2, 0.25) is 0 Å². The van der Waals surface area contributed by atoms with E-state index in [0.717, 1.165) is 25.3 Å². The lowest BCUT2D eigenvalue weighted by Crippen LogP contribution is -2.30. The van der Waals surface area contributed by atoms with E-state index in [9.17, 15) is 35.2 Å². The molecular formula is C23H19F5N4O4S. The second-order valence-corrected chi connectivity index (χ2v) is 10.5. The number of amides is 1. The molecule has 0 aliphatic heterocycles. The monoisotopic (exact) mass is 542 g/mol. The first kappa shape index (κ1) is 26.4. The van der Waals surface area contributed by atoms with Crippen LogP contribution in [0.3, 0.4) is 0 Å². The lowest BCUT2D eigenvalue weighted by Gasteiger charge is -2.33. The molecule has 1 amide bonds. The zero-order valence-corrected chi connectivity index (χ0v) is 20.2. The molecule has 4 rings (SSSR count). The number of ether oxygens (including phenoxy) is 1. The van der Waals surface area contributed by atoms with Gasteiger partial charge in [0, 0.05) is 11.9 Å². The predicted octanol–water partition coefficient (Wildman–Crippen LogP) is 5.13. The van der Waals surface area contributed by atoms with Crippen molar-refractivity contribution in [2.24, 2.45) is 0 Å². The molecule has 1 aliphatic carbocycles. The van der Waals surface area contributed by atoms with Crippen LogP contribution in [0, 0.1) is 12.9 Å². The number of benzene rings is 1. The molecule has 0 spiro atoms. The van der Waals surface area contributed by atoms with Crippen LogP contribution in [0.15, 0.2) is 41.3 Å². The number of halogens is 5. The van der Waals surface area contributed by atoms with Gasteiger partial charge in [-0.3, -0.25) is 4.79 Å². The Morgan fingerprint density at radius 2 is 1.84 bits per heavy atom. The van der Waals surface area contributed by atoms with Crippen molar-refractivity contribution < 1.29 is 39.9 Å². The van der Waals surface area contributed by atoms with Crippen molar-refractivity contribution in [3.05, 3.63) is 64.9 Å². The molecule has 0 unspecified atom stereocenters. The largest absolute Gasteiger partial charge is 0.435 e. The first-order valence-electron chi connectivity index (χ1n) is 10.8. The molecule has 1 aliphatic rings. The maximum Gasteiger partial charge on any atom is 0.435 e. The Hall–Kier alpha value is -3.68. The summed E-state index contributed by atoms with van der Waals surface area (Å²) in [5, 5.41) is 8.73. The van der Waals surface area contributed by atoms with Crippen LogP contribution < -0.4 is 10.1 Å². The van der Waals surface area contributed by atoms with E-state index in [-0.39, 0.29) is 29.1 Å². The lowest BCUT2D eigenvalue weighted by atomic mass is 9.79. The van der Waals surface area contributed by atoms with Gasteiger partial charge >= 0.3 is 6.18 Å². The molecule has 2 aromatic heterocycles. The van der Waals surface area contributed by atoms with E-state index in [4.69, 9.17) is 4.74 Å². The first-order valence-corrected chi connectivity index (χ1v) is 12.7. The van der Waals surface area contributed by atoms with Crippen molar-refractivity contribution in [2.45, 2.75) is 42.9 Å². The van der Waals surface area contributed by atoms with Crippen LogP contribution in [-0.4, -0.2) is 35.8 Å². The molecular weight excluding hydrogens is 523 g/mol. The molecule has 2 heterocycles. The third-order valence-corrected chi connectivity index (χ3v) is 6.94. The summed E-state index contributed by atoms with van der Waals surface area (Å²) in [7, 11) is -3.65. The number of carbonyl (C=O) groups is 1. The summed E-state index contributed by atoms with van der Waals surface area (Å²) in [6.07, 6.45) is -3.07. The summed E-state index contributed by atoms with van der Waals surface area (Å²) in [6.45, 7) is 0.952. The van der Waals surface area contributed by atoms with Crippen LogP contribution in [0.25, 0.3) is 0 Å². The highest BCUT2D eigenvalue weighted by Gasteiger charge is 2.41. The van der Waals surface area contributed by atoms with E-state index in [0.29, 0.717) is 6.42 Å². The highest BCUT2D eigenvalue weighted by atomic mass is 32.2. The van der Waals surface area contributed by atoms with E-state index >= 15 is 0 Å². The molecule has 8 nitrogen and oxygen atoms in total. The normalized spacial score (nSPS) is 15.1. The summed E-state index contributed by atoms with van der Waals surface area (Å²) in [4.78, 5) is 16.5. The minimum absolute atomic E-state index is 0.0467. The molecule has 1 saturated carbocycles. The topological polar surface area (TPSA) is 111 Å². The molecule has 1 N–H and O–H groups in total. The smallest absolute Gasteiger partial charge is 0.432 e. The molecule has 1 aromatic carbocycles. The number of anilines is 1. The fourth-order valence-electron chi connectivity index (χ4n) is 3.70. The van der Waals surface area contributed by atoms with E-state index in [1.807, 2.05) is 0 Å². The van der Waals surface area contributed by atoms with Crippen molar-refractivity contribution in [3.63, 3.8) is 0 Å². The van der Waals surface area contributed by atoms with Crippen molar-refractivity contribution in [1.29, 1.82) is 0 Å². The Bertz CT molecular complexity index is 1490. The van der Waals surface area contributed by atoms with E-state index < -0.39 is 62.0 Å². The second-order valence-electron chi connectivity index (χ2n) is 8.51. The Morgan fingerprint density at radius 3 is 2.41 bits per heavy atom. The molecule has 0 atom stereocenters. The van der Waals surface area contributed by atoms with Crippen molar-refractivity contribution in [1.82, 2.24) is 15.2 Å². The maximum atomic E-state index is 14.6. The molecule has 196 valence electrons. The number of rotatable bonds is 6. The van der Waals surface area contributed by atoms with Gasteiger partial charge in [0.25, 0.3) is 17.7 Å². The van der Waals surface area contributed by atoms with Crippen LogP contribution in [0.1, 0.15) is 46.6 Å². The van der Waals surface area contributed by atoms with Crippen LogP contribution >= 0.6 is 0 Å². The molecule has 0 bridgehead atoms. The van der Waals surface area contributed by atoms with E-state index in [1.54, 1.807) is 0 Å². The molecule has 0 saturated heterocycles. The van der Waals surface area contributed by atoms with Gasteiger partial charge in [0.1, 0.15) is 5.56 Å². The zero-order valence-electron chi connectivity index (χ0n) is 19.4. The average molecular weight is 542 g/mol. The van der Waals surface area contributed by atoms with Crippen molar-refractivity contribution in [3.8, 4) is 11.6 Å². The Kier molecular flexibility index (Phi) is 6.65. The second kappa shape index (κ2) is 9.32. The Balaban J connectivity index is 1.73. The SMILES string of the molecule is Cc1c(C(F)(F)F)nnc(Oc2ccc(C3(F)CCC3)nc2F)c1C(=O)Nc1cccc(S(C)(=O)=O)c1. The zero-order chi connectivity index (χ0) is 27.2. The number of nitrogens with zero attached hydrogens (tertiary/aromatic N) is 3. The van der Waals surface area contributed by atoms with Crippen molar-refractivity contribution in [2.75, 3.05) is 11.6 Å². The number of pyridine rings is 1. The molecule has 0 radical (unpaired) electrons. The summed E-state index contributed by atoms with van der Waals surface area (Å²) < 4.78 is 98.5. The Morgan fingerprint density at radius 1 is 1.14 bits per heavy atom. The number of hydrogen-bond donors (Lipinski definition) is 1. The molecule has 1 fully saturated rings.